The van der Waals surface area contributed by atoms with Crippen molar-refractivity contribution >= 4 is 23.5 Å². The Balaban J connectivity index is 1.68. The first-order valence-electron chi connectivity index (χ1n) is 9.47. The van der Waals surface area contributed by atoms with Gasteiger partial charge in [-0.15, -0.1) is 0 Å². The van der Waals surface area contributed by atoms with Crippen LogP contribution in [0.2, 0.25) is 0 Å². The monoisotopic (exact) mass is 410 g/mol. The van der Waals surface area contributed by atoms with Gasteiger partial charge in [-0.3, -0.25) is 9.74 Å². The molecule has 0 radical (unpaired) electrons. The zero-order valence-electron chi connectivity index (χ0n) is 16.8. The van der Waals surface area contributed by atoms with Gasteiger partial charge in [-0.1, -0.05) is 6.07 Å². The Bertz CT molecular complexity index is 756. The summed E-state index contributed by atoms with van der Waals surface area (Å²) < 4.78 is 23.9. The highest BCUT2D eigenvalue weighted by Gasteiger charge is 2.36. The molecule has 1 aromatic carbocycles. The van der Waals surface area contributed by atoms with Crippen molar-refractivity contribution in [3.63, 3.8) is 0 Å². The summed E-state index contributed by atoms with van der Waals surface area (Å²) in [5, 5.41) is 1.01. The van der Waals surface area contributed by atoms with Crippen LogP contribution in [0.25, 0.3) is 0 Å². The summed E-state index contributed by atoms with van der Waals surface area (Å²) in [5.41, 5.74) is 6.17. The number of nitrogens with zero attached hydrogens (tertiary/aromatic N) is 3. The number of hydroxylamine groups is 2. The molecule has 2 N–H and O–H groups in total. The summed E-state index contributed by atoms with van der Waals surface area (Å²) in [6.07, 6.45) is -2.46. The summed E-state index contributed by atoms with van der Waals surface area (Å²) in [5.74, 6) is 0. The van der Waals surface area contributed by atoms with Crippen molar-refractivity contribution in [3.8, 4) is 0 Å². The number of carbonyl (C=O) groups is 2. The van der Waals surface area contributed by atoms with E-state index in [1.807, 2.05) is 11.0 Å². The van der Waals surface area contributed by atoms with Crippen molar-refractivity contribution in [2.24, 2.45) is 5.73 Å². The Morgan fingerprint density at radius 1 is 1.34 bits per heavy atom. The molecule has 0 saturated carbocycles. The van der Waals surface area contributed by atoms with E-state index in [0.29, 0.717) is 18.8 Å². The molecule has 3 rings (SSSR count). The number of hydrogen-bond donors (Lipinski definition) is 1. The Labute approximate surface area is 169 Å². The average molecular weight is 410 g/mol. The fourth-order valence-corrected chi connectivity index (χ4v) is 3.22. The quantitative estimate of drug-likeness (QED) is 0.748. The van der Waals surface area contributed by atoms with Gasteiger partial charge in [0.1, 0.15) is 6.10 Å². The van der Waals surface area contributed by atoms with Gasteiger partial charge in [0.25, 0.3) is 0 Å². The van der Waals surface area contributed by atoms with Gasteiger partial charge >= 0.3 is 12.1 Å². The molecule has 2 aliphatic rings. The van der Waals surface area contributed by atoms with Gasteiger partial charge < -0.3 is 20.1 Å². The topological polar surface area (TPSA) is 97.6 Å². The van der Waals surface area contributed by atoms with Gasteiger partial charge in [0.2, 0.25) is 6.36 Å². The molecule has 2 heterocycles. The summed E-state index contributed by atoms with van der Waals surface area (Å²) in [6, 6.07) is 6.47. The van der Waals surface area contributed by atoms with Crippen molar-refractivity contribution in [1.82, 2.24) is 5.06 Å². The second-order valence-corrected chi connectivity index (χ2v) is 7.97. The molecule has 0 aromatic heterocycles. The van der Waals surface area contributed by atoms with Crippen molar-refractivity contribution in [3.05, 3.63) is 24.3 Å². The maximum Gasteiger partial charge on any atom is 0.414 e. The largest absolute Gasteiger partial charge is 0.442 e. The van der Waals surface area contributed by atoms with Gasteiger partial charge in [0.15, 0.2) is 0 Å². The predicted molar refractivity (Wildman–Crippen MR) is 104 cm³/mol. The molecule has 2 fully saturated rings. The number of primary amides is 1. The number of amides is 3. The lowest BCUT2D eigenvalue weighted by atomic mass is 10.2. The number of carbonyl (C=O) groups excluding carboxylic acids is 2. The molecule has 0 spiro atoms. The molecule has 0 aliphatic carbocycles. The Hall–Kier alpha value is -2.59. The normalized spacial score (nSPS) is 22.6. The molecular formula is C19H27FN4O5. The van der Waals surface area contributed by atoms with Gasteiger partial charge in [-0.2, -0.15) is 5.06 Å². The van der Waals surface area contributed by atoms with Gasteiger partial charge in [-0.25, -0.2) is 14.0 Å². The molecule has 2 atom stereocenters. The van der Waals surface area contributed by atoms with Crippen LogP contribution < -0.4 is 15.5 Å². The van der Waals surface area contributed by atoms with Gasteiger partial charge in [0, 0.05) is 17.9 Å². The van der Waals surface area contributed by atoms with E-state index >= 15 is 0 Å². The highest BCUT2D eigenvalue weighted by molar-refractivity contribution is 5.90. The summed E-state index contributed by atoms with van der Waals surface area (Å²) in [6.45, 7) is 6.60. The summed E-state index contributed by atoms with van der Waals surface area (Å²) in [4.78, 5) is 32.9. The van der Waals surface area contributed by atoms with Crippen LogP contribution in [-0.4, -0.2) is 68.0 Å². The highest BCUT2D eigenvalue weighted by Crippen LogP contribution is 2.28. The molecule has 3 amide bonds. The third-order valence-electron chi connectivity index (χ3n) is 4.40. The second kappa shape index (κ2) is 8.42. The van der Waals surface area contributed by atoms with E-state index in [-0.39, 0.29) is 19.6 Å². The number of nitrogens with two attached hydrogens (primary N) is 1. The first-order valence-corrected chi connectivity index (χ1v) is 9.47. The van der Waals surface area contributed by atoms with Crippen LogP contribution in [0.4, 0.5) is 25.4 Å². The van der Waals surface area contributed by atoms with Crippen LogP contribution in [0, 0.1) is 0 Å². The van der Waals surface area contributed by atoms with Crippen LogP contribution in [-0.2, 0) is 14.3 Å². The van der Waals surface area contributed by atoms with Crippen molar-refractivity contribution in [1.29, 1.82) is 0 Å². The SMILES string of the molecule is CC(C)(C)ON(CC1CN(c2cccc(N3CCOC(F)C3)c2)C(=O)O1)C(N)=O. The Morgan fingerprint density at radius 2 is 2.07 bits per heavy atom. The van der Waals surface area contributed by atoms with Crippen LogP contribution in [0.3, 0.4) is 0 Å². The lowest BCUT2D eigenvalue weighted by molar-refractivity contribution is -0.199. The maximum absolute atomic E-state index is 13.5. The minimum Gasteiger partial charge on any atom is -0.442 e. The number of cyclic esters (lactones) is 1. The summed E-state index contributed by atoms with van der Waals surface area (Å²) >= 11 is 0. The predicted octanol–water partition coefficient (Wildman–Crippen LogP) is 2.25. The molecule has 2 saturated heterocycles. The number of rotatable bonds is 5. The molecule has 29 heavy (non-hydrogen) atoms. The third kappa shape index (κ3) is 5.48. The van der Waals surface area contributed by atoms with E-state index in [9.17, 15) is 14.0 Å². The molecule has 10 heteroatoms. The number of benzene rings is 1. The second-order valence-electron chi connectivity index (χ2n) is 7.97. The van der Waals surface area contributed by atoms with Gasteiger partial charge in [-0.05, 0) is 39.0 Å². The number of morpholine rings is 1. The van der Waals surface area contributed by atoms with E-state index in [4.69, 9.17) is 20.0 Å². The van der Waals surface area contributed by atoms with Crippen molar-refractivity contribution in [2.75, 3.05) is 42.6 Å². The van der Waals surface area contributed by atoms with E-state index in [0.717, 1.165) is 10.8 Å². The number of halogens is 1. The molecule has 0 bridgehead atoms. The van der Waals surface area contributed by atoms with Gasteiger partial charge in [0.05, 0.1) is 31.8 Å². The van der Waals surface area contributed by atoms with Crippen molar-refractivity contribution in [2.45, 2.75) is 38.8 Å². The highest BCUT2D eigenvalue weighted by atomic mass is 19.1. The molecule has 2 unspecified atom stereocenters. The molecule has 1 aromatic rings. The Morgan fingerprint density at radius 3 is 2.72 bits per heavy atom. The van der Waals surface area contributed by atoms with E-state index in [1.54, 1.807) is 39.0 Å². The average Bonchev–Trinajstić information content (AvgIpc) is 3.00. The zero-order chi connectivity index (χ0) is 21.2. The van der Waals surface area contributed by atoms with Crippen LogP contribution in [0.5, 0.6) is 0 Å². The maximum atomic E-state index is 13.5. The summed E-state index contributed by atoms with van der Waals surface area (Å²) in [7, 11) is 0. The van der Waals surface area contributed by atoms with E-state index in [2.05, 4.69) is 0 Å². The smallest absolute Gasteiger partial charge is 0.414 e. The first-order chi connectivity index (χ1) is 13.6. The lowest BCUT2D eigenvalue weighted by Crippen LogP contribution is -2.46. The number of alkyl halides is 1. The van der Waals surface area contributed by atoms with E-state index < -0.39 is 30.2 Å². The number of anilines is 2. The Kier molecular flexibility index (Phi) is 6.13. The van der Waals surface area contributed by atoms with E-state index in [1.165, 1.54) is 4.90 Å². The molecule has 160 valence electrons. The fourth-order valence-electron chi connectivity index (χ4n) is 3.22. The van der Waals surface area contributed by atoms with Crippen LogP contribution >= 0.6 is 0 Å². The number of ether oxygens (including phenoxy) is 2. The molecule has 9 nitrogen and oxygen atoms in total. The van der Waals surface area contributed by atoms with Crippen LogP contribution in [0.15, 0.2) is 24.3 Å². The first kappa shape index (κ1) is 21.1. The fraction of sp³-hybridized carbons (Fsp3) is 0.579. The standard InChI is InChI=1S/C19H27FN4O5/c1-19(2,3)29-24(17(21)25)11-15-10-23(18(26)28-15)14-6-4-5-13(9-14)22-7-8-27-16(20)12-22/h4-6,9,15-16H,7-8,10-12H2,1-3H3,(H2,21,25). The third-order valence-corrected chi connectivity index (χ3v) is 4.40. The minimum atomic E-state index is -1.34. The zero-order valence-corrected chi connectivity index (χ0v) is 16.8. The number of hydrogen-bond acceptors (Lipinski definition) is 6. The lowest BCUT2D eigenvalue weighted by Gasteiger charge is -2.31. The van der Waals surface area contributed by atoms with Crippen LogP contribution in [0.1, 0.15) is 20.8 Å². The number of urea groups is 1. The molecular weight excluding hydrogens is 383 g/mol. The molecule has 2 aliphatic heterocycles. The van der Waals surface area contributed by atoms with Crippen molar-refractivity contribution < 1.29 is 28.3 Å². The minimum absolute atomic E-state index is 0.0154.